The van der Waals surface area contributed by atoms with Crippen LogP contribution in [0, 0.1) is 5.92 Å². The first-order chi connectivity index (χ1) is 8.47. The standard InChI is InChI=1S/C13H17F3N2/c1-9-4-2-5-10(8-9)18-12-11(13(14,15)16)6-3-7-17-12/h3,6-7,9-10H,2,4-5,8H2,1H3,(H,17,18). The SMILES string of the molecule is CC1CCCC(Nc2ncccc2C(F)(F)F)C1. The summed E-state index contributed by atoms with van der Waals surface area (Å²) in [6.45, 7) is 2.14. The maximum atomic E-state index is 12.8. The molecule has 2 atom stereocenters. The van der Waals surface area contributed by atoms with Gasteiger partial charge < -0.3 is 5.32 Å². The predicted octanol–water partition coefficient (Wildman–Crippen LogP) is 4.09. The van der Waals surface area contributed by atoms with Gasteiger partial charge in [-0.05, 0) is 30.9 Å². The number of alkyl halides is 3. The number of nitrogens with zero attached hydrogens (tertiary/aromatic N) is 1. The molecule has 1 saturated carbocycles. The molecule has 0 radical (unpaired) electrons. The molecule has 100 valence electrons. The van der Waals surface area contributed by atoms with Gasteiger partial charge in [0.05, 0.1) is 5.56 Å². The van der Waals surface area contributed by atoms with Crippen molar-refractivity contribution in [3.05, 3.63) is 23.9 Å². The Morgan fingerprint density at radius 1 is 1.33 bits per heavy atom. The maximum absolute atomic E-state index is 12.8. The van der Waals surface area contributed by atoms with Crippen LogP contribution in [-0.2, 0) is 6.18 Å². The molecule has 0 saturated heterocycles. The molecule has 1 aromatic heterocycles. The first-order valence-electron chi connectivity index (χ1n) is 6.25. The van der Waals surface area contributed by atoms with Gasteiger partial charge in [-0.1, -0.05) is 19.8 Å². The van der Waals surface area contributed by atoms with Crippen LogP contribution in [0.2, 0.25) is 0 Å². The van der Waals surface area contributed by atoms with Gasteiger partial charge in [0.1, 0.15) is 5.82 Å². The molecule has 2 nitrogen and oxygen atoms in total. The molecule has 1 N–H and O–H groups in total. The van der Waals surface area contributed by atoms with E-state index < -0.39 is 11.7 Å². The van der Waals surface area contributed by atoms with Gasteiger partial charge in [-0.3, -0.25) is 0 Å². The minimum absolute atomic E-state index is 0.0379. The highest BCUT2D eigenvalue weighted by Gasteiger charge is 2.34. The maximum Gasteiger partial charge on any atom is 0.419 e. The van der Waals surface area contributed by atoms with Crippen molar-refractivity contribution in [1.82, 2.24) is 4.98 Å². The van der Waals surface area contributed by atoms with Crippen molar-refractivity contribution in [2.24, 2.45) is 5.92 Å². The lowest BCUT2D eigenvalue weighted by Crippen LogP contribution is -2.28. The van der Waals surface area contributed by atoms with E-state index in [1.165, 1.54) is 12.3 Å². The lowest BCUT2D eigenvalue weighted by atomic mass is 9.87. The van der Waals surface area contributed by atoms with Gasteiger partial charge in [-0.2, -0.15) is 13.2 Å². The lowest BCUT2D eigenvalue weighted by molar-refractivity contribution is -0.137. The molecule has 0 spiro atoms. The predicted molar refractivity (Wildman–Crippen MR) is 64.3 cm³/mol. The van der Waals surface area contributed by atoms with Crippen LogP contribution in [-0.4, -0.2) is 11.0 Å². The molecule has 0 aromatic carbocycles. The molecule has 2 unspecified atom stereocenters. The van der Waals surface area contributed by atoms with Crippen molar-refractivity contribution in [3.8, 4) is 0 Å². The number of nitrogens with one attached hydrogen (secondary N) is 1. The zero-order chi connectivity index (χ0) is 13.2. The number of rotatable bonds is 2. The Hall–Kier alpha value is -1.26. The number of anilines is 1. The molecule has 1 aliphatic carbocycles. The van der Waals surface area contributed by atoms with Crippen LogP contribution in [0.4, 0.5) is 19.0 Å². The third-order valence-electron chi connectivity index (χ3n) is 3.39. The van der Waals surface area contributed by atoms with Crippen LogP contribution in [0.1, 0.15) is 38.2 Å². The van der Waals surface area contributed by atoms with E-state index in [-0.39, 0.29) is 11.9 Å². The summed E-state index contributed by atoms with van der Waals surface area (Å²) in [7, 11) is 0. The minimum Gasteiger partial charge on any atom is -0.367 e. The average Bonchev–Trinajstić information content (AvgIpc) is 2.28. The molecule has 0 aliphatic heterocycles. The van der Waals surface area contributed by atoms with E-state index in [1.807, 2.05) is 0 Å². The van der Waals surface area contributed by atoms with E-state index >= 15 is 0 Å². The Morgan fingerprint density at radius 3 is 2.78 bits per heavy atom. The Kier molecular flexibility index (Phi) is 3.78. The average molecular weight is 258 g/mol. The molecule has 5 heteroatoms. The highest BCUT2D eigenvalue weighted by atomic mass is 19.4. The van der Waals surface area contributed by atoms with Gasteiger partial charge in [0.15, 0.2) is 0 Å². The van der Waals surface area contributed by atoms with E-state index in [0.29, 0.717) is 5.92 Å². The van der Waals surface area contributed by atoms with Crippen LogP contribution in [0.5, 0.6) is 0 Å². The second kappa shape index (κ2) is 5.16. The van der Waals surface area contributed by atoms with Crippen molar-refractivity contribution in [3.63, 3.8) is 0 Å². The summed E-state index contributed by atoms with van der Waals surface area (Å²) in [5, 5.41) is 2.96. The van der Waals surface area contributed by atoms with E-state index in [0.717, 1.165) is 31.7 Å². The van der Waals surface area contributed by atoms with Crippen molar-refractivity contribution in [2.75, 3.05) is 5.32 Å². The van der Waals surface area contributed by atoms with Crippen LogP contribution < -0.4 is 5.32 Å². The van der Waals surface area contributed by atoms with Crippen LogP contribution >= 0.6 is 0 Å². The van der Waals surface area contributed by atoms with E-state index in [9.17, 15) is 13.2 Å². The van der Waals surface area contributed by atoms with Crippen molar-refractivity contribution >= 4 is 5.82 Å². The molecule has 0 amide bonds. The molecule has 18 heavy (non-hydrogen) atoms. The minimum atomic E-state index is -4.35. The van der Waals surface area contributed by atoms with Gasteiger partial charge in [0.25, 0.3) is 0 Å². The van der Waals surface area contributed by atoms with Crippen molar-refractivity contribution < 1.29 is 13.2 Å². The summed E-state index contributed by atoms with van der Waals surface area (Å²) in [5.41, 5.74) is -0.678. The zero-order valence-corrected chi connectivity index (χ0v) is 10.3. The highest BCUT2D eigenvalue weighted by molar-refractivity contribution is 5.46. The summed E-state index contributed by atoms with van der Waals surface area (Å²) in [6.07, 6.45) is 1.09. The molecular weight excluding hydrogens is 241 g/mol. The first-order valence-corrected chi connectivity index (χ1v) is 6.25. The van der Waals surface area contributed by atoms with Gasteiger partial charge in [-0.25, -0.2) is 4.98 Å². The monoisotopic (exact) mass is 258 g/mol. The third kappa shape index (κ3) is 3.15. The van der Waals surface area contributed by atoms with E-state index in [4.69, 9.17) is 0 Å². The first kappa shape index (κ1) is 13.2. The normalized spacial score (nSPS) is 24.9. The molecule has 1 aromatic rings. The Bertz CT molecular complexity index is 403. The molecule has 1 fully saturated rings. The summed E-state index contributed by atoms with van der Waals surface area (Å²) in [4.78, 5) is 3.83. The van der Waals surface area contributed by atoms with Crippen molar-refractivity contribution in [2.45, 2.75) is 44.8 Å². The number of pyridine rings is 1. The molecule has 2 rings (SSSR count). The fourth-order valence-electron chi connectivity index (χ4n) is 2.51. The summed E-state index contributed by atoms with van der Waals surface area (Å²) in [6, 6.07) is 2.49. The third-order valence-corrected chi connectivity index (χ3v) is 3.39. The Balaban J connectivity index is 2.13. The molecule has 0 bridgehead atoms. The molecule has 1 heterocycles. The summed E-state index contributed by atoms with van der Waals surface area (Å²) < 4.78 is 38.4. The summed E-state index contributed by atoms with van der Waals surface area (Å²) >= 11 is 0. The van der Waals surface area contributed by atoms with Gasteiger partial charge >= 0.3 is 6.18 Å². The Labute approximate surface area is 105 Å². The molecular formula is C13H17F3N2. The number of halogens is 3. The Morgan fingerprint density at radius 2 is 2.11 bits per heavy atom. The quantitative estimate of drug-likeness (QED) is 0.864. The second-order valence-corrected chi connectivity index (χ2v) is 5.01. The topological polar surface area (TPSA) is 24.9 Å². The van der Waals surface area contributed by atoms with E-state index in [1.54, 1.807) is 0 Å². The number of hydrogen-bond donors (Lipinski definition) is 1. The second-order valence-electron chi connectivity index (χ2n) is 5.01. The van der Waals surface area contributed by atoms with Crippen molar-refractivity contribution in [1.29, 1.82) is 0 Å². The largest absolute Gasteiger partial charge is 0.419 e. The number of hydrogen-bond acceptors (Lipinski definition) is 2. The summed E-state index contributed by atoms with van der Waals surface area (Å²) in [5.74, 6) is 0.526. The molecule has 1 aliphatic rings. The fraction of sp³-hybridized carbons (Fsp3) is 0.615. The van der Waals surface area contributed by atoms with Gasteiger partial charge in [0.2, 0.25) is 0 Å². The highest BCUT2D eigenvalue weighted by Crippen LogP contribution is 2.35. The van der Waals surface area contributed by atoms with Gasteiger partial charge in [-0.15, -0.1) is 0 Å². The van der Waals surface area contributed by atoms with Crippen LogP contribution in [0.25, 0.3) is 0 Å². The van der Waals surface area contributed by atoms with E-state index in [2.05, 4.69) is 17.2 Å². The fourth-order valence-corrected chi connectivity index (χ4v) is 2.51. The lowest BCUT2D eigenvalue weighted by Gasteiger charge is -2.28. The number of aromatic nitrogens is 1. The van der Waals surface area contributed by atoms with Gasteiger partial charge in [0, 0.05) is 12.2 Å². The van der Waals surface area contributed by atoms with Crippen LogP contribution in [0.3, 0.4) is 0 Å². The zero-order valence-electron chi connectivity index (χ0n) is 10.3. The van der Waals surface area contributed by atoms with Crippen LogP contribution in [0.15, 0.2) is 18.3 Å². The smallest absolute Gasteiger partial charge is 0.367 e.